The molecule has 0 fully saturated rings. The first-order chi connectivity index (χ1) is 31.2. The molecule has 1 atom stereocenters. The van der Waals surface area contributed by atoms with Crippen LogP contribution in [0.4, 0.5) is 0 Å². The van der Waals surface area contributed by atoms with Gasteiger partial charge in [-0.05, 0) is 92.5 Å². The molecule has 63 heavy (non-hydrogen) atoms. The lowest BCUT2D eigenvalue weighted by atomic mass is 10.0. The van der Waals surface area contributed by atoms with Crippen LogP contribution in [0.2, 0.25) is 0 Å². The maximum Gasteiger partial charge on any atom is 0.163 e. The predicted octanol–water partition coefficient (Wildman–Crippen LogP) is 14.5. The Morgan fingerprint density at radius 3 is 1.87 bits per heavy atom. The summed E-state index contributed by atoms with van der Waals surface area (Å²) in [5.41, 5.74) is 9.51. The number of fused-ring (bicyclic) bond motifs is 13. The Bertz CT molecular complexity index is 4040. The molecule has 6 nitrogen and oxygen atoms in total. The molecule has 14 rings (SSSR count). The standard InChI is InChI=1S/C57H34N4O2/c1-2-12-33(13-3-1)55-58-56(60-57(59-55)44-21-10-19-42-41-18-8-9-23-50(41)62-53(42)44)39-24-26-40-38(28-39)25-27-51-52(40)43-20-11-22-47(54(43)63-51)61-48-31-36-16-6-4-14-34(36)29-45(48)46-30-35-15-5-7-17-37(35)32-49(46)61/h1-32,55H,(H,58,59,60). The third-order valence-electron chi connectivity index (χ3n) is 13.0. The minimum absolute atomic E-state index is 0.348. The highest BCUT2D eigenvalue weighted by Crippen LogP contribution is 2.42. The summed E-state index contributed by atoms with van der Waals surface area (Å²) in [5.74, 6) is 1.37. The van der Waals surface area contributed by atoms with Crippen LogP contribution in [0.3, 0.4) is 0 Å². The lowest BCUT2D eigenvalue weighted by molar-refractivity contribution is 0.663. The van der Waals surface area contributed by atoms with Crippen LogP contribution in [0.15, 0.2) is 213 Å². The molecule has 0 aliphatic carbocycles. The first kappa shape index (κ1) is 34.3. The quantitative estimate of drug-likeness (QED) is 0.193. The van der Waals surface area contributed by atoms with E-state index in [0.717, 1.165) is 93.9 Å². The fraction of sp³-hybridized carbons (Fsp3) is 0.0175. The van der Waals surface area contributed by atoms with Gasteiger partial charge in [0.05, 0.1) is 22.3 Å². The molecule has 3 aromatic heterocycles. The van der Waals surface area contributed by atoms with E-state index in [2.05, 4.69) is 168 Å². The molecule has 0 saturated heterocycles. The van der Waals surface area contributed by atoms with Crippen molar-refractivity contribution in [2.24, 2.45) is 9.98 Å². The van der Waals surface area contributed by atoms with Crippen molar-refractivity contribution in [3.63, 3.8) is 0 Å². The number of rotatable bonds is 4. The van der Waals surface area contributed by atoms with Gasteiger partial charge in [0, 0.05) is 37.9 Å². The van der Waals surface area contributed by atoms with Crippen LogP contribution >= 0.6 is 0 Å². The van der Waals surface area contributed by atoms with Crippen LogP contribution in [0.25, 0.3) is 104 Å². The van der Waals surface area contributed by atoms with Crippen molar-refractivity contribution < 1.29 is 8.83 Å². The van der Waals surface area contributed by atoms with E-state index >= 15 is 0 Å². The van der Waals surface area contributed by atoms with E-state index in [0.29, 0.717) is 5.84 Å². The maximum atomic E-state index is 6.94. The number of aliphatic imine (C=N–C) groups is 2. The molecule has 0 radical (unpaired) electrons. The van der Waals surface area contributed by atoms with Gasteiger partial charge in [-0.2, -0.15) is 0 Å². The molecule has 6 heteroatoms. The van der Waals surface area contributed by atoms with Crippen LogP contribution in [0.5, 0.6) is 0 Å². The van der Waals surface area contributed by atoms with Gasteiger partial charge in [0.2, 0.25) is 0 Å². The lowest BCUT2D eigenvalue weighted by Crippen LogP contribution is -2.33. The molecular weight excluding hydrogens is 773 g/mol. The molecule has 0 saturated carbocycles. The normalized spacial score (nSPS) is 14.5. The number of furan rings is 2. The van der Waals surface area contributed by atoms with Gasteiger partial charge >= 0.3 is 0 Å². The summed E-state index contributed by atoms with van der Waals surface area (Å²) < 4.78 is 15.8. The van der Waals surface area contributed by atoms with Crippen LogP contribution in [-0.2, 0) is 0 Å². The molecule has 10 aromatic carbocycles. The lowest BCUT2D eigenvalue weighted by Gasteiger charge is -2.24. The van der Waals surface area contributed by atoms with Gasteiger partial charge in [-0.3, -0.25) is 0 Å². The summed E-state index contributed by atoms with van der Waals surface area (Å²) >= 11 is 0. The van der Waals surface area contributed by atoms with Gasteiger partial charge in [-0.25, -0.2) is 9.98 Å². The van der Waals surface area contributed by atoms with E-state index in [1.54, 1.807) is 0 Å². The molecule has 0 spiro atoms. The molecule has 1 N–H and O–H groups in total. The van der Waals surface area contributed by atoms with Crippen molar-refractivity contribution in [1.82, 2.24) is 9.88 Å². The van der Waals surface area contributed by atoms with Gasteiger partial charge in [-0.15, -0.1) is 0 Å². The molecular formula is C57H34N4O2. The second-order valence-electron chi connectivity index (χ2n) is 16.6. The number of nitrogens with one attached hydrogen (secondary N) is 1. The van der Waals surface area contributed by atoms with E-state index in [9.17, 15) is 0 Å². The van der Waals surface area contributed by atoms with Crippen molar-refractivity contribution in [2.45, 2.75) is 6.17 Å². The first-order valence-corrected chi connectivity index (χ1v) is 21.3. The second-order valence-corrected chi connectivity index (χ2v) is 16.6. The number of benzene rings is 10. The van der Waals surface area contributed by atoms with Crippen molar-refractivity contribution >= 4 is 110 Å². The zero-order chi connectivity index (χ0) is 41.2. The summed E-state index contributed by atoms with van der Waals surface area (Å²) in [6, 6.07) is 68.6. The zero-order valence-electron chi connectivity index (χ0n) is 33.7. The van der Waals surface area contributed by atoms with Crippen molar-refractivity contribution in [1.29, 1.82) is 0 Å². The van der Waals surface area contributed by atoms with E-state index in [4.69, 9.17) is 18.8 Å². The Hall–Kier alpha value is -8.48. The van der Waals surface area contributed by atoms with Gasteiger partial charge in [0.1, 0.15) is 28.8 Å². The number of amidine groups is 2. The van der Waals surface area contributed by atoms with Gasteiger partial charge in [-0.1, -0.05) is 140 Å². The molecule has 0 bridgehead atoms. The fourth-order valence-corrected chi connectivity index (χ4v) is 10.0. The van der Waals surface area contributed by atoms with E-state index < -0.39 is 0 Å². The summed E-state index contributed by atoms with van der Waals surface area (Å²) in [5, 5.41) is 17.4. The Morgan fingerprint density at radius 2 is 1.10 bits per heavy atom. The molecule has 294 valence electrons. The monoisotopic (exact) mass is 806 g/mol. The average molecular weight is 807 g/mol. The maximum absolute atomic E-state index is 6.94. The summed E-state index contributed by atoms with van der Waals surface area (Å²) in [6.07, 6.45) is -0.348. The van der Waals surface area contributed by atoms with Crippen LogP contribution in [-0.4, -0.2) is 16.2 Å². The summed E-state index contributed by atoms with van der Waals surface area (Å²) in [6.45, 7) is 0. The Labute approximate surface area is 359 Å². The smallest absolute Gasteiger partial charge is 0.163 e. The first-order valence-electron chi connectivity index (χ1n) is 21.3. The van der Waals surface area contributed by atoms with E-state index in [1.165, 1.54) is 32.3 Å². The summed E-state index contributed by atoms with van der Waals surface area (Å²) in [4.78, 5) is 10.4. The number of aromatic nitrogens is 1. The molecule has 4 heterocycles. The number of hydrogen-bond acceptors (Lipinski definition) is 5. The predicted molar refractivity (Wildman–Crippen MR) is 260 cm³/mol. The third-order valence-corrected chi connectivity index (χ3v) is 13.0. The van der Waals surface area contributed by atoms with Crippen LogP contribution < -0.4 is 5.32 Å². The van der Waals surface area contributed by atoms with Crippen LogP contribution in [0, 0.1) is 0 Å². The second kappa shape index (κ2) is 13.0. The molecule has 1 aliphatic rings. The minimum Gasteiger partial charge on any atom is -0.455 e. The Kier molecular flexibility index (Phi) is 7.07. The van der Waals surface area contributed by atoms with Gasteiger partial charge in [0.25, 0.3) is 0 Å². The highest BCUT2D eigenvalue weighted by atomic mass is 16.3. The molecule has 13 aromatic rings. The van der Waals surface area contributed by atoms with Gasteiger partial charge in [0.15, 0.2) is 11.4 Å². The zero-order valence-corrected chi connectivity index (χ0v) is 33.7. The molecule has 1 aliphatic heterocycles. The molecule has 0 amide bonds. The largest absolute Gasteiger partial charge is 0.455 e. The van der Waals surface area contributed by atoms with Crippen molar-refractivity contribution in [3.8, 4) is 5.69 Å². The van der Waals surface area contributed by atoms with E-state index in [1.807, 2.05) is 36.4 Å². The Balaban J connectivity index is 0.942. The number of nitrogens with zero attached hydrogens (tertiary/aromatic N) is 3. The van der Waals surface area contributed by atoms with Crippen LogP contribution in [0.1, 0.15) is 22.9 Å². The average Bonchev–Trinajstić information content (AvgIpc) is 4.02. The number of hydrogen-bond donors (Lipinski definition) is 1. The SMILES string of the molecule is c1ccc(C2N=C(c3cccc4c3oc3ccccc34)N=C(c3ccc4c(ccc5oc6c(-n7c8cc9ccccc9cc8c8cc9ccccc9cc87)cccc6c54)c3)N2)cc1. The fourth-order valence-electron chi connectivity index (χ4n) is 10.0. The number of para-hydroxylation sites is 3. The van der Waals surface area contributed by atoms with E-state index in [-0.39, 0.29) is 6.17 Å². The van der Waals surface area contributed by atoms with Gasteiger partial charge < -0.3 is 18.7 Å². The van der Waals surface area contributed by atoms with Crippen molar-refractivity contribution in [3.05, 3.63) is 211 Å². The van der Waals surface area contributed by atoms with Crippen molar-refractivity contribution in [2.75, 3.05) is 0 Å². The highest BCUT2D eigenvalue weighted by Gasteiger charge is 2.25. The Morgan fingerprint density at radius 1 is 0.444 bits per heavy atom. The minimum atomic E-state index is -0.348. The summed E-state index contributed by atoms with van der Waals surface area (Å²) in [7, 11) is 0. The molecule has 1 unspecified atom stereocenters. The highest BCUT2D eigenvalue weighted by molar-refractivity contribution is 6.24. The third kappa shape index (κ3) is 5.12. The topological polar surface area (TPSA) is 68.0 Å².